The van der Waals surface area contributed by atoms with Gasteiger partial charge < -0.3 is 19.9 Å². The molecule has 2 heterocycles. The first-order valence-electron chi connectivity index (χ1n) is 10.0. The van der Waals surface area contributed by atoms with Gasteiger partial charge in [0.05, 0.1) is 18.2 Å². The molecule has 156 valence electrons. The summed E-state index contributed by atoms with van der Waals surface area (Å²) >= 11 is 5.64. The summed E-state index contributed by atoms with van der Waals surface area (Å²) < 4.78 is 19.0. The zero-order chi connectivity index (χ0) is 21.1. The van der Waals surface area contributed by atoms with Crippen molar-refractivity contribution in [3.63, 3.8) is 0 Å². The normalized spacial score (nSPS) is 16.0. The number of aromatic nitrogens is 1. The third kappa shape index (κ3) is 4.68. The fraction of sp³-hybridized carbons (Fsp3) is 0.304. The number of aromatic amines is 1. The van der Waals surface area contributed by atoms with E-state index in [1.165, 1.54) is 12.1 Å². The second-order valence-electron chi connectivity index (χ2n) is 7.62. The first kappa shape index (κ1) is 20.5. The van der Waals surface area contributed by atoms with Crippen molar-refractivity contribution in [1.82, 2.24) is 9.88 Å². The van der Waals surface area contributed by atoms with Gasteiger partial charge in [0.1, 0.15) is 5.82 Å². The molecule has 1 atom stereocenters. The standard InChI is InChI=1S/C23H24FN3O2S/c1-15-4-2-5-16-12-17(22(28)26-21(15)16)13-27(14-20-6-3-11-29-20)23(30)25-19-9-7-18(24)8-10-19/h2,4-5,7-10,12,20H,3,6,11,13-14H2,1H3,(H,25,30)(H,26,28)/t20-/m1/s1. The first-order valence-corrected chi connectivity index (χ1v) is 10.4. The van der Waals surface area contributed by atoms with E-state index < -0.39 is 0 Å². The minimum absolute atomic E-state index is 0.0692. The quantitative estimate of drug-likeness (QED) is 0.595. The first-order chi connectivity index (χ1) is 14.5. The smallest absolute Gasteiger partial charge is 0.253 e. The molecule has 1 aliphatic heterocycles. The van der Waals surface area contributed by atoms with Crippen LogP contribution in [0.1, 0.15) is 24.0 Å². The Labute approximate surface area is 179 Å². The monoisotopic (exact) mass is 425 g/mol. The highest BCUT2D eigenvalue weighted by molar-refractivity contribution is 7.80. The predicted octanol–water partition coefficient (Wildman–Crippen LogP) is 4.35. The van der Waals surface area contributed by atoms with Crippen LogP contribution in [0.2, 0.25) is 0 Å². The van der Waals surface area contributed by atoms with Crippen LogP contribution in [-0.4, -0.2) is 34.3 Å². The Bertz CT molecular complexity index is 1110. The molecule has 0 bridgehead atoms. The summed E-state index contributed by atoms with van der Waals surface area (Å²) in [6.45, 7) is 3.65. The number of hydrogen-bond acceptors (Lipinski definition) is 3. The maximum absolute atomic E-state index is 13.2. The minimum Gasteiger partial charge on any atom is -0.376 e. The number of ether oxygens (including phenoxy) is 1. The number of aryl methyl sites for hydroxylation is 1. The molecule has 0 aliphatic carbocycles. The number of nitrogens with zero attached hydrogens (tertiary/aromatic N) is 1. The fourth-order valence-corrected chi connectivity index (χ4v) is 4.00. The van der Waals surface area contributed by atoms with E-state index in [0.29, 0.717) is 29.5 Å². The molecular formula is C23H24FN3O2S. The Balaban J connectivity index is 1.59. The van der Waals surface area contributed by atoms with E-state index in [4.69, 9.17) is 17.0 Å². The highest BCUT2D eigenvalue weighted by atomic mass is 32.1. The van der Waals surface area contributed by atoms with E-state index in [1.54, 1.807) is 12.1 Å². The molecule has 2 N–H and O–H groups in total. The van der Waals surface area contributed by atoms with Gasteiger partial charge in [0.2, 0.25) is 0 Å². The molecular weight excluding hydrogens is 401 g/mol. The number of anilines is 1. The van der Waals surface area contributed by atoms with E-state index >= 15 is 0 Å². The van der Waals surface area contributed by atoms with Gasteiger partial charge in [-0.3, -0.25) is 4.79 Å². The summed E-state index contributed by atoms with van der Waals surface area (Å²) in [5, 5.41) is 4.61. The van der Waals surface area contributed by atoms with Gasteiger partial charge in [-0.1, -0.05) is 18.2 Å². The second-order valence-corrected chi connectivity index (χ2v) is 8.00. The number of hydrogen-bond donors (Lipinski definition) is 2. The van der Waals surface area contributed by atoms with Crippen molar-refractivity contribution >= 4 is 33.9 Å². The Morgan fingerprint density at radius 3 is 2.83 bits per heavy atom. The average Bonchev–Trinajstić information content (AvgIpc) is 3.24. The summed E-state index contributed by atoms with van der Waals surface area (Å²) in [5.41, 5.74) is 3.08. The van der Waals surface area contributed by atoms with Gasteiger partial charge in [0.25, 0.3) is 5.56 Å². The average molecular weight is 426 g/mol. The van der Waals surface area contributed by atoms with Crippen LogP contribution in [0.15, 0.2) is 53.3 Å². The van der Waals surface area contributed by atoms with Crippen LogP contribution in [0, 0.1) is 12.7 Å². The van der Waals surface area contributed by atoms with Crippen molar-refractivity contribution in [3.8, 4) is 0 Å². The Morgan fingerprint density at radius 1 is 1.30 bits per heavy atom. The molecule has 3 aromatic rings. The zero-order valence-electron chi connectivity index (χ0n) is 16.8. The van der Waals surface area contributed by atoms with E-state index in [2.05, 4.69) is 10.3 Å². The fourth-order valence-electron chi connectivity index (χ4n) is 3.74. The Kier molecular flexibility index (Phi) is 6.11. The molecule has 0 radical (unpaired) electrons. The summed E-state index contributed by atoms with van der Waals surface area (Å²) in [6, 6.07) is 13.9. The third-order valence-electron chi connectivity index (χ3n) is 5.36. The maximum Gasteiger partial charge on any atom is 0.253 e. The molecule has 7 heteroatoms. The van der Waals surface area contributed by atoms with Crippen LogP contribution in [0.4, 0.5) is 10.1 Å². The molecule has 1 fully saturated rings. The number of thiocarbonyl (C=S) groups is 1. The van der Waals surface area contributed by atoms with E-state index in [0.717, 1.165) is 35.9 Å². The van der Waals surface area contributed by atoms with Crippen LogP contribution in [0.5, 0.6) is 0 Å². The van der Waals surface area contributed by atoms with Crippen molar-refractivity contribution in [2.45, 2.75) is 32.4 Å². The number of para-hydroxylation sites is 1. The van der Waals surface area contributed by atoms with Crippen molar-refractivity contribution in [2.75, 3.05) is 18.5 Å². The van der Waals surface area contributed by atoms with Crippen LogP contribution in [0.25, 0.3) is 10.9 Å². The van der Waals surface area contributed by atoms with Gasteiger partial charge in [0, 0.05) is 24.4 Å². The number of nitrogens with one attached hydrogen (secondary N) is 2. The lowest BCUT2D eigenvalue weighted by Gasteiger charge is -2.28. The molecule has 30 heavy (non-hydrogen) atoms. The summed E-state index contributed by atoms with van der Waals surface area (Å²) in [4.78, 5) is 17.7. The van der Waals surface area contributed by atoms with Gasteiger partial charge in [-0.25, -0.2) is 4.39 Å². The minimum atomic E-state index is -0.305. The highest BCUT2D eigenvalue weighted by Crippen LogP contribution is 2.19. The van der Waals surface area contributed by atoms with E-state index in [1.807, 2.05) is 36.1 Å². The predicted molar refractivity (Wildman–Crippen MR) is 121 cm³/mol. The molecule has 1 aromatic heterocycles. The van der Waals surface area contributed by atoms with Crippen molar-refractivity contribution in [3.05, 3.63) is 75.8 Å². The van der Waals surface area contributed by atoms with Crippen molar-refractivity contribution in [1.29, 1.82) is 0 Å². The number of rotatable bonds is 5. The number of H-pyrrole nitrogens is 1. The molecule has 0 saturated carbocycles. The summed E-state index contributed by atoms with van der Waals surface area (Å²) in [5.74, 6) is -0.305. The third-order valence-corrected chi connectivity index (χ3v) is 5.72. The van der Waals surface area contributed by atoms with Gasteiger partial charge in [-0.15, -0.1) is 0 Å². The Morgan fingerprint density at radius 2 is 2.10 bits per heavy atom. The van der Waals surface area contributed by atoms with Gasteiger partial charge in [-0.05, 0) is 73.3 Å². The van der Waals surface area contributed by atoms with Gasteiger partial charge in [0.15, 0.2) is 5.11 Å². The summed E-state index contributed by atoms with van der Waals surface area (Å²) in [6.07, 6.45) is 2.05. The SMILES string of the molecule is Cc1cccc2cc(CN(C[C@H]3CCCO3)C(=S)Nc3ccc(F)cc3)c(=O)[nH]c12. The molecule has 1 aliphatic rings. The van der Waals surface area contributed by atoms with E-state index in [-0.39, 0.29) is 17.5 Å². The lowest BCUT2D eigenvalue weighted by molar-refractivity contribution is 0.0904. The van der Waals surface area contributed by atoms with Gasteiger partial charge >= 0.3 is 0 Å². The van der Waals surface area contributed by atoms with E-state index in [9.17, 15) is 9.18 Å². The van der Waals surface area contributed by atoms with Crippen molar-refractivity contribution in [2.24, 2.45) is 0 Å². The molecule has 4 rings (SSSR count). The summed E-state index contributed by atoms with van der Waals surface area (Å²) in [7, 11) is 0. The maximum atomic E-state index is 13.2. The molecule has 1 saturated heterocycles. The molecule has 0 spiro atoms. The lowest BCUT2D eigenvalue weighted by atomic mass is 10.1. The number of halogens is 1. The number of benzene rings is 2. The molecule has 0 unspecified atom stereocenters. The Hall–Kier alpha value is -2.77. The lowest BCUT2D eigenvalue weighted by Crippen LogP contribution is -2.40. The number of pyridine rings is 1. The van der Waals surface area contributed by atoms with Crippen molar-refractivity contribution < 1.29 is 9.13 Å². The highest BCUT2D eigenvalue weighted by Gasteiger charge is 2.22. The topological polar surface area (TPSA) is 57.4 Å². The van der Waals surface area contributed by atoms with Gasteiger partial charge in [-0.2, -0.15) is 0 Å². The zero-order valence-corrected chi connectivity index (χ0v) is 17.6. The number of fused-ring (bicyclic) bond motifs is 1. The molecule has 2 aromatic carbocycles. The van der Waals surface area contributed by atoms with Crippen LogP contribution < -0.4 is 10.9 Å². The van der Waals surface area contributed by atoms with Crippen LogP contribution >= 0.6 is 12.2 Å². The van der Waals surface area contributed by atoms with Crippen LogP contribution in [0.3, 0.4) is 0 Å². The van der Waals surface area contributed by atoms with Crippen LogP contribution in [-0.2, 0) is 11.3 Å². The molecule has 0 amide bonds. The largest absolute Gasteiger partial charge is 0.376 e. The molecule has 5 nitrogen and oxygen atoms in total. The second kappa shape index (κ2) is 8.93.